The van der Waals surface area contributed by atoms with Gasteiger partial charge in [0.1, 0.15) is 0 Å². The number of hydrogen-bond acceptors (Lipinski definition) is 4. The molecule has 0 amide bonds. The molecule has 15 heavy (non-hydrogen) atoms. The lowest BCUT2D eigenvalue weighted by Gasteiger charge is -2.02. The highest BCUT2D eigenvalue weighted by Gasteiger charge is 2.16. The van der Waals surface area contributed by atoms with Crippen molar-refractivity contribution in [1.29, 1.82) is 0 Å². The van der Waals surface area contributed by atoms with E-state index in [1.165, 1.54) is 13.4 Å². The lowest BCUT2D eigenvalue weighted by atomic mass is 10.2. The fourth-order valence-electron chi connectivity index (χ4n) is 1.25. The second kappa shape index (κ2) is 4.59. The van der Waals surface area contributed by atoms with Crippen LogP contribution < -0.4 is 0 Å². The first-order valence-electron chi connectivity index (χ1n) is 4.36. The van der Waals surface area contributed by atoms with Gasteiger partial charge in [0.25, 0.3) is 0 Å². The van der Waals surface area contributed by atoms with Crippen molar-refractivity contribution in [3.05, 3.63) is 17.7 Å². The first-order chi connectivity index (χ1) is 7.06. The van der Waals surface area contributed by atoms with Gasteiger partial charge in [0.05, 0.1) is 25.6 Å². The van der Waals surface area contributed by atoms with Gasteiger partial charge in [-0.3, -0.25) is 4.79 Å². The highest BCUT2D eigenvalue weighted by Crippen LogP contribution is 2.09. The summed E-state index contributed by atoms with van der Waals surface area (Å²) < 4.78 is 6.06. The monoisotopic (exact) mass is 212 g/mol. The molecular weight excluding hydrogens is 200 g/mol. The number of aromatic nitrogens is 2. The molecule has 1 aromatic rings. The Bertz CT molecular complexity index is 383. The maximum atomic E-state index is 10.9. The van der Waals surface area contributed by atoms with Crippen molar-refractivity contribution in [3.63, 3.8) is 0 Å². The Balaban J connectivity index is 2.79. The van der Waals surface area contributed by atoms with Gasteiger partial charge in [0, 0.05) is 13.5 Å². The van der Waals surface area contributed by atoms with Crippen LogP contribution in [0.1, 0.15) is 22.6 Å². The molecule has 1 rings (SSSR count). The predicted molar refractivity (Wildman–Crippen MR) is 50.5 cm³/mol. The van der Waals surface area contributed by atoms with Crippen molar-refractivity contribution < 1.29 is 19.4 Å². The molecule has 1 N–H and O–H groups in total. The Morgan fingerprint density at radius 3 is 2.80 bits per heavy atom. The van der Waals surface area contributed by atoms with Crippen LogP contribution in [0.4, 0.5) is 0 Å². The average Bonchev–Trinajstić information content (AvgIpc) is 2.56. The summed E-state index contributed by atoms with van der Waals surface area (Å²) in [6.45, 7) is 0. The summed E-state index contributed by atoms with van der Waals surface area (Å²) >= 11 is 0. The highest BCUT2D eigenvalue weighted by molar-refractivity contribution is 5.86. The molecule has 0 saturated heterocycles. The number of carboxylic acid groups (broad SMARTS) is 1. The summed E-state index contributed by atoms with van der Waals surface area (Å²) in [5, 5.41) is 8.81. The van der Waals surface area contributed by atoms with Gasteiger partial charge in [-0.1, -0.05) is 0 Å². The Hall–Kier alpha value is -1.85. The van der Waals surface area contributed by atoms with Crippen molar-refractivity contribution in [1.82, 2.24) is 9.55 Å². The zero-order valence-electron chi connectivity index (χ0n) is 8.56. The van der Waals surface area contributed by atoms with Crippen molar-refractivity contribution in [2.24, 2.45) is 7.05 Å². The Labute approximate surface area is 86.5 Å². The zero-order valence-corrected chi connectivity index (χ0v) is 8.56. The molecule has 1 heterocycles. The van der Waals surface area contributed by atoms with Crippen LogP contribution in [0.15, 0.2) is 6.33 Å². The van der Waals surface area contributed by atoms with E-state index in [1.807, 2.05) is 0 Å². The minimum Gasteiger partial charge on any atom is -0.476 e. The zero-order chi connectivity index (χ0) is 11.4. The summed E-state index contributed by atoms with van der Waals surface area (Å²) in [4.78, 5) is 25.4. The standard InChI is InChI=1S/C9H12N2O4/c1-11-5-10-8(9(13)14)6(11)3-4-7(12)15-2/h5H,3-4H2,1-2H3,(H,13,14). The maximum Gasteiger partial charge on any atom is 0.356 e. The Kier molecular flexibility index (Phi) is 3.43. The van der Waals surface area contributed by atoms with E-state index in [1.54, 1.807) is 11.6 Å². The Morgan fingerprint density at radius 1 is 1.60 bits per heavy atom. The number of aryl methyl sites for hydroxylation is 1. The molecule has 0 saturated carbocycles. The lowest BCUT2D eigenvalue weighted by molar-refractivity contribution is -0.140. The number of carbonyl (C=O) groups excluding carboxylic acids is 1. The van der Waals surface area contributed by atoms with Crippen molar-refractivity contribution >= 4 is 11.9 Å². The topological polar surface area (TPSA) is 81.4 Å². The number of rotatable bonds is 4. The fraction of sp³-hybridized carbons (Fsp3) is 0.444. The summed E-state index contributed by atoms with van der Waals surface area (Å²) in [6, 6.07) is 0. The molecular formula is C9H12N2O4. The number of nitrogens with zero attached hydrogens (tertiary/aromatic N) is 2. The lowest BCUT2D eigenvalue weighted by Crippen LogP contribution is -2.09. The molecule has 0 spiro atoms. The molecule has 0 bridgehead atoms. The SMILES string of the molecule is COC(=O)CCc1c(C(=O)O)ncn1C. The highest BCUT2D eigenvalue weighted by atomic mass is 16.5. The first kappa shape index (κ1) is 11.2. The van der Waals surface area contributed by atoms with Crippen LogP contribution >= 0.6 is 0 Å². The second-order valence-electron chi connectivity index (χ2n) is 3.03. The number of carbonyl (C=O) groups is 2. The predicted octanol–water partition coefficient (Wildman–Crippen LogP) is 0.224. The molecule has 0 aliphatic rings. The van der Waals surface area contributed by atoms with Gasteiger partial charge in [-0.2, -0.15) is 0 Å². The summed E-state index contributed by atoms with van der Waals surface area (Å²) in [6.07, 6.45) is 1.87. The second-order valence-corrected chi connectivity index (χ2v) is 3.03. The van der Waals surface area contributed by atoms with E-state index in [2.05, 4.69) is 9.72 Å². The minimum absolute atomic E-state index is 0.0126. The molecule has 0 fully saturated rings. The van der Waals surface area contributed by atoms with Crippen LogP contribution in [-0.4, -0.2) is 33.7 Å². The number of methoxy groups -OCH3 is 1. The molecule has 1 aromatic heterocycles. The van der Waals surface area contributed by atoms with E-state index < -0.39 is 5.97 Å². The fourth-order valence-corrected chi connectivity index (χ4v) is 1.25. The molecule has 0 aromatic carbocycles. The molecule has 0 aliphatic carbocycles. The third-order valence-electron chi connectivity index (χ3n) is 2.06. The largest absolute Gasteiger partial charge is 0.476 e. The summed E-state index contributed by atoms with van der Waals surface area (Å²) in [5.74, 6) is -1.46. The molecule has 0 atom stereocenters. The summed E-state index contributed by atoms with van der Waals surface area (Å²) in [5.41, 5.74) is 0.509. The van der Waals surface area contributed by atoms with Crippen LogP contribution in [0.25, 0.3) is 0 Å². The Morgan fingerprint density at radius 2 is 2.27 bits per heavy atom. The number of aromatic carboxylic acids is 1. The third-order valence-corrected chi connectivity index (χ3v) is 2.06. The normalized spacial score (nSPS) is 10.0. The number of ether oxygens (including phenoxy) is 1. The third kappa shape index (κ3) is 2.55. The van der Waals surface area contributed by atoms with E-state index in [0.717, 1.165) is 0 Å². The van der Waals surface area contributed by atoms with E-state index in [9.17, 15) is 9.59 Å². The molecule has 0 unspecified atom stereocenters. The van der Waals surface area contributed by atoms with Crippen LogP contribution in [0.2, 0.25) is 0 Å². The number of hydrogen-bond donors (Lipinski definition) is 1. The van der Waals surface area contributed by atoms with Crippen LogP contribution in [-0.2, 0) is 23.0 Å². The van der Waals surface area contributed by atoms with Gasteiger partial charge in [-0.25, -0.2) is 9.78 Å². The number of esters is 1. The van der Waals surface area contributed by atoms with Gasteiger partial charge >= 0.3 is 11.9 Å². The van der Waals surface area contributed by atoms with E-state index in [-0.39, 0.29) is 18.1 Å². The van der Waals surface area contributed by atoms with Gasteiger partial charge in [-0.05, 0) is 0 Å². The minimum atomic E-state index is -1.09. The molecule has 6 heteroatoms. The van der Waals surface area contributed by atoms with Gasteiger partial charge < -0.3 is 14.4 Å². The van der Waals surface area contributed by atoms with Crippen LogP contribution in [0.3, 0.4) is 0 Å². The maximum absolute atomic E-state index is 10.9. The van der Waals surface area contributed by atoms with Crippen molar-refractivity contribution in [3.8, 4) is 0 Å². The average molecular weight is 212 g/mol. The molecule has 0 radical (unpaired) electrons. The van der Waals surface area contributed by atoms with Crippen molar-refractivity contribution in [2.75, 3.05) is 7.11 Å². The van der Waals surface area contributed by atoms with Gasteiger partial charge in [0.2, 0.25) is 0 Å². The van der Waals surface area contributed by atoms with E-state index in [0.29, 0.717) is 12.1 Å². The molecule has 0 aliphatic heterocycles. The van der Waals surface area contributed by atoms with Gasteiger partial charge in [-0.15, -0.1) is 0 Å². The van der Waals surface area contributed by atoms with Crippen LogP contribution in [0, 0.1) is 0 Å². The van der Waals surface area contributed by atoms with E-state index in [4.69, 9.17) is 5.11 Å². The van der Waals surface area contributed by atoms with Crippen LogP contribution in [0.5, 0.6) is 0 Å². The molecule has 6 nitrogen and oxygen atoms in total. The van der Waals surface area contributed by atoms with Gasteiger partial charge in [0.15, 0.2) is 5.69 Å². The quantitative estimate of drug-likeness (QED) is 0.722. The smallest absolute Gasteiger partial charge is 0.356 e. The first-order valence-corrected chi connectivity index (χ1v) is 4.36. The molecule has 82 valence electrons. The van der Waals surface area contributed by atoms with E-state index >= 15 is 0 Å². The summed E-state index contributed by atoms with van der Waals surface area (Å²) in [7, 11) is 2.98. The van der Waals surface area contributed by atoms with Crippen molar-refractivity contribution in [2.45, 2.75) is 12.8 Å². The number of imidazole rings is 1. The number of carboxylic acids is 1.